The third kappa shape index (κ3) is 4.16. The van der Waals surface area contributed by atoms with Crippen LogP contribution in [0.15, 0.2) is 0 Å². The molecule has 1 N–H and O–H groups in total. The molecule has 0 aliphatic carbocycles. The number of nitrogens with one attached hydrogen (secondary N) is 1. The molecule has 0 rings (SSSR count). The summed E-state index contributed by atoms with van der Waals surface area (Å²) < 4.78 is 1.20. The number of rotatable bonds is 7. The molecule has 0 aliphatic heterocycles. The van der Waals surface area contributed by atoms with Crippen LogP contribution in [-0.2, 0) is 0 Å². The summed E-state index contributed by atoms with van der Waals surface area (Å²) in [5.41, 5.74) is 0.0462. The van der Waals surface area contributed by atoms with Crippen molar-refractivity contribution in [3.8, 4) is 0 Å². The fourth-order valence-corrected chi connectivity index (χ4v) is 1.80. The molecule has 0 spiro atoms. The third-order valence-electron chi connectivity index (χ3n) is 3.48. The molecule has 0 saturated heterocycles. The standard InChI is InChI=1S/C11H26ClN2/c1-6-14(7-2,8-3)10-9-11(4,5)13-12/h13H,6-10H2,1-5H3/q+1. The first-order valence-corrected chi connectivity index (χ1v) is 6.06. The lowest BCUT2D eigenvalue weighted by Gasteiger charge is -2.38. The lowest BCUT2D eigenvalue weighted by molar-refractivity contribution is -0.923. The molecule has 0 saturated carbocycles. The van der Waals surface area contributed by atoms with Gasteiger partial charge in [0.25, 0.3) is 0 Å². The highest BCUT2D eigenvalue weighted by molar-refractivity contribution is 6.13. The van der Waals surface area contributed by atoms with Crippen molar-refractivity contribution in [2.75, 3.05) is 26.2 Å². The summed E-state index contributed by atoms with van der Waals surface area (Å²) in [6, 6.07) is 0. The van der Waals surface area contributed by atoms with Crippen LogP contribution >= 0.6 is 11.8 Å². The van der Waals surface area contributed by atoms with Crippen LogP contribution < -0.4 is 4.84 Å². The quantitative estimate of drug-likeness (QED) is 0.515. The van der Waals surface area contributed by atoms with Crippen LogP contribution in [0.25, 0.3) is 0 Å². The van der Waals surface area contributed by atoms with E-state index in [2.05, 4.69) is 39.5 Å². The maximum atomic E-state index is 5.69. The van der Waals surface area contributed by atoms with E-state index in [0.29, 0.717) is 0 Å². The first-order chi connectivity index (χ1) is 6.45. The van der Waals surface area contributed by atoms with Crippen molar-refractivity contribution in [3.05, 3.63) is 0 Å². The Labute approximate surface area is 94.3 Å². The van der Waals surface area contributed by atoms with Crippen molar-refractivity contribution < 1.29 is 4.48 Å². The smallest absolute Gasteiger partial charge is 0.0804 e. The van der Waals surface area contributed by atoms with E-state index in [1.165, 1.54) is 30.7 Å². The summed E-state index contributed by atoms with van der Waals surface area (Å²) in [6.45, 7) is 16.0. The SMILES string of the molecule is CC[N+](CC)(CC)CCC(C)(C)NCl. The predicted octanol–water partition coefficient (Wildman–Crippen LogP) is 2.78. The molecular weight excluding hydrogens is 196 g/mol. The zero-order valence-corrected chi connectivity index (χ0v) is 11.1. The number of halogens is 1. The number of quaternary nitrogens is 1. The predicted molar refractivity (Wildman–Crippen MR) is 64.4 cm³/mol. The van der Waals surface area contributed by atoms with Gasteiger partial charge in [-0.3, -0.25) is 0 Å². The molecule has 0 aliphatic rings. The highest BCUT2D eigenvalue weighted by Gasteiger charge is 2.25. The Bertz CT molecular complexity index is 145. The Hall–Kier alpha value is 0.210. The molecule has 3 heteroatoms. The van der Waals surface area contributed by atoms with Gasteiger partial charge < -0.3 is 4.48 Å². The van der Waals surface area contributed by atoms with Crippen molar-refractivity contribution in [1.29, 1.82) is 0 Å². The molecule has 14 heavy (non-hydrogen) atoms. The van der Waals surface area contributed by atoms with E-state index >= 15 is 0 Å². The van der Waals surface area contributed by atoms with Gasteiger partial charge in [0.15, 0.2) is 0 Å². The van der Waals surface area contributed by atoms with Gasteiger partial charge in [-0.05, 0) is 46.4 Å². The molecular formula is C11H26ClN2+. The lowest BCUT2D eigenvalue weighted by Crippen LogP contribution is -2.51. The molecule has 0 amide bonds. The van der Waals surface area contributed by atoms with Crippen LogP contribution in [0.2, 0.25) is 0 Å². The molecule has 2 nitrogen and oxygen atoms in total. The molecule has 86 valence electrons. The fourth-order valence-electron chi connectivity index (χ4n) is 1.71. The van der Waals surface area contributed by atoms with Gasteiger partial charge in [-0.1, -0.05) is 0 Å². The van der Waals surface area contributed by atoms with Gasteiger partial charge in [-0.15, -0.1) is 0 Å². The normalized spacial score (nSPS) is 13.3. The van der Waals surface area contributed by atoms with Gasteiger partial charge in [-0.25, -0.2) is 4.84 Å². The van der Waals surface area contributed by atoms with Crippen LogP contribution in [0.3, 0.4) is 0 Å². The minimum absolute atomic E-state index is 0.0462. The van der Waals surface area contributed by atoms with Crippen LogP contribution in [-0.4, -0.2) is 36.2 Å². The maximum Gasteiger partial charge on any atom is 0.0804 e. The Kier molecular flexibility index (Phi) is 6.03. The highest BCUT2D eigenvalue weighted by Crippen LogP contribution is 2.15. The van der Waals surface area contributed by atoms with Gasteiger partial charge in [0.1, 0.15) is 0 Å². The van der Waals surface area contributed by atoms with Crippen molar-refractivity contribution in [1.82, 2.24) is 4.84 Å². The van der Waals surface area contributed by atoms with Gasteiger partial charge in [-0.2, -0.15) is 0 Å². The molecule has 0 heterocycles. The van der Waals surface area contributed by atoms with Crippen LogP contribution in [0.5, 0.6) is 0 Å². The van der Waals surface area contributed by atoms with Crippen LogP contribution in [0.4, 0.5) is 0 Å². The van der Waals surface area contributed by atoms with Crippen LogP contribution in [0.1, 0.15) is 41.0 Å². The Morgan fingerprint density at radius 2 is 1.50 bits per heavy atom. The molecule has 0 bridgehead atoms. The molecule has 0 unspecified atom stereocenters. The Morgan fingerprint density at radius 1 is 1.07 bits per heavy atom. The van der Waals surface area contributed by atoms with E-state index < -0.39 is 0 Å². The molecule has 0 atom stereocenters. The second kappa shape index (κ2) is 5.94. The summed E-state index contributed by atoms with van der Waals surface area (Å²) in [5.74, 6) is 0. The number of nitrogens with zero attached hydrogens (tertiary/aromatic N) is 1. The van der Waals surface area contributed by atoms with E-state index in [1.54, 1.807) is 0 Å². The largest absolute Gasteiger partial charge is 0.324 e. The Morgan fingerprint density at radius 3 is 1.79 bits per heavy atom. The summed E-state index contributed by atoms with van der Waals surface area (Å²) in [6.07, 6.45) is 1.12. The second-order valence-electron chi connectivity index (χ2n) is 4.74. The number of hydrogen-bond acceptors (Lipinski definition) is 1. The number of hydrogen-bond donors (Lipinski definition) is 1. The Balaban J connectivity index is 4.19. The van der Waals surface area contributed by atoms with Crippen molar-refractivity contribution in [3.63, 3.8) is 0 Å². The molecule has 0 aromatic heterocycles. The van der Waals surface area contributed by atoms with Gasteiger partial charge in [0.2, 0.25) is 0 Å². The van der Waals surface area contributed by atoms with Gasteiger partial charge >= 0.3 is 0 Å². The zero-order valence-electron chi connectivity index (χ0n) is 10.4. The summed E-state index contributed by atoms with van der Waals surface area (Å²) >= 11 is 5.69. The summed E-state index contributed by atoms with van der Waals surface area (Å²) in [5, 5.41) is 0. The van der Waals surface area contributed by atoms with Crippen LogP contribution in [0, 0.1) is 0 Å². The fraction of sp³-hybridized carbons (Fsp3) is 1.00. The van der Waals surface area contributed by atoms with E-state index in [-0.39, 0.29) is 5.54 Å². The van der Waals surface area contributed by atoms with E-state index in [1.807, 2.05) is 0 Å². The van der Waals surface area contributed by atoms with Gasteiger partial charge in [0.05, 0.1) is 26.2 Å². The van der Waals surface area contributed by atoms with E-state index in [0.717, 1.165) is 6.42 Å². The first-order valence-electron chi connectivity index (χ1n) is 5.68. The zero-order chi connectivity index (χ0) is 11.2. The minimum atomic E-state index is 0.0462. The molecule has 0 aromatic carbocycles. The average molecular weight is 222 g/mol. The molecule has 0 fully saturated rings. The minimum Gasteiger partial charge on any atom is -0.324 e. The van der Waals surface area contributed by atoms with Crippen molar-refractivity contribution >= 4 is 11.8 Å². The van der Waals surface area contributed by atoms with Gasteiger partial charge in [0, 0.05) is 12.0 Å². The first kappa shape index (κ1) is 14.2. The summed E-state index contributed by atoms with van der Waals surface area (Å²) in [7, 11) is 0. The van der Waals surface area contributed by atoms with E-state index in [9.17, 15) is 0 Å². The van der Waals surface area contributed by atoms with Crippen molar-refractivity contribution in [2.45, 2.75) is 46.6 Å². The topological polar surface area (TPSA) is 12.0 Å². The monoisotopic (exact) mass is 221 g/mol. The molecule has 0 radical (unpaired) electrons. The average Bonchev–Trinajstić information content (AvgIpc) is 2.21. The molecule has 0 aromatic rings. The summed E-state index contributed by atoms with van der Waals surface area (Å²) in [4.78, 5) is 2.85. The lowest BCUT2D eigenvalue weighted by atomic mass is 10.0. The van der Waals surface area contributed by atoms with E-state index in [4.69, 9.17) is 11.8 Å². The maximum absolute atomic E-state index is 5.69. The third-order valence-corrected chi connectivity index (χ3v) is 3.99. The second-order valence-corrected chi connectivity index (χ2v) is 4.93. The van der Waals surface area contributed by atoms with Crippen molar-refractivity contribution in [2.24, 2.45) is 0 Å². The highest BCUT2D eigenvalue weighted by atomic mass is 35.5.